The van der Waals surface area contributed by atoms with Crippen LogP contribution >= 0.6 is 0 Å². The Labute approximate surface area is 188 Å². The van der Waals surface area contributed by atoms with Gasteiger partial charge in [-0.25, -0.2) is 0 Å². The highest BCUT2D eigenvalue weighted by Gasteiger charge is 2.35. The summed E-state index contributed by atoms with van der Waals surface area (Å²) in [6.07, 6.45) is 7.26. The molecule has 32 heavy (non-hydrogen) atoms. The lowest BCUT2D eigenvalue weighted by Crippen LogP contribution is -2.42. The largest absolute Gasteiger partial charge is 0.454 e. The van der Waals surface area contributed by atoms with Crippen molar-refractivity contribution in [1.82, 2.24) is 5.32 Å². The van der Waals surface area contributed by atoms with Crippen LogP contribution in [0.2, 0.25) is 0 Å². The fourth-order valence-corrected chi connectivity index (χ4v) is 5.33. The number of ether oxygens (including phenoxy) is 2. The SMILES string of the molecule is O=C(CCC1Cc2ccccc2NC1=O)NCC1(c2ccc3c(c2)OCO3)CCCCC1. The minimum absolute atomic E-state index is 0.0145. The van der Waals surface area contributed by atoms with Crippen LogP contribution in [0.3, 0.4) is 0 Å². The zero-order valence-corrected chi connectivity index (χ0v) is 18.3. The Morgan fingerprint density at radius 3 is 2.75 bits per heavy atom. The first-order valence-electron chi connectivity index (χ1n) is 11.7. The van der Waals surface area contributed by atoms with Crippen LogP contribution in [0.25, 0.3) is 0 Å². The van der Waals surface area contributed by atoms with Crippen molar-refractivity contribution in [2.45, 2.75) is 56.8 Å². The number of hydrogen-bond acceptors (Lipinski definition) is 4. The number of fused-ring (bicyclic) bond motifs is 2. The van der Waals surface area contributed by atoms with Crippen molar-refractivity contribution in [2.24, 2.45) is 5.92 Å². The standard InChI is InChI=1S/C26H30N2O4/c29-24(11-8-19-14-18-6-2-3-7-21(18)28-25(19)30)27-16-26(12-4-1-5-13-26)20-9-10-22-23(15-20)32-17-31-22/h2-3,6-7,9-10,15,19H,1,4-5,8,11-14,16-17H2,(H,27,29)(H,28,30). The highest BCUT2D eigenvalue weighted by molar-refractivity contribution is 5.96. The summed E-state index contributed by atoms with van der Waals surface area (Å²) in [5.74, 6) is 1.45. The molecule has 2 heterocycles. The predicted octanol–water partition coefficient (Wildman–Crippen LogP) is 4.32. The average molecular weight is 435 g/mol. The van der Waals surface area contributed by atoms with Crippen molar-refractivity contribution in [2.75, 3.05) is 18.7 Å². The Morgan fingerprint density at radius 1 is 1.06 bits per heavy atom. The van der Waals surface area contributed by atoms with Crippen molar-refractivity contribution in [3.8, 4) is 11.5 Å². The first-order valence-corrected chi connectivity index (χ1v) is 11.7. The molecule has 2 aliphatic heterocycles. The summed E-state index contributed by atoms with van der Waals surface area (Å²) < 4.78 is 11.1. The van der Waals surface area contributed by atoms with E-state index in [0.29, 0.717) is 25.8 Å². The maximum atomic E-state index is 12.8. The molecule has 1 saturated carbocycles. The Hall–Kier alpha value is -3.02. The Balaban J connectivity index is 1.21. The number of benzene rings is 2. The second kappa shape index (κ2) is 8.85. The van der Waals surface area contributed by atoms with E-state index < -0.39 is 0 Å². The monoisotopic (exact) mass is 434 g/mol. The maximum Gasteiger partial charge on any atom is 0.231 e. The predicted molar refractivity (Wildman–Crippen MR) is 122 cm³/mol. The molecule has 2 aromatic rings. The molecule has 1 atom stereocenters. The number of para-hydroxylation sites is 1. The lowest BCUT2D eigenvalue weighted by Gasteiger charge is -2.38. The maximum absolute atomic E-state index is 12.8. The molecule has 0 radical (unpaired) electrons. The number of hydrogen-bond donors (Lipinski definition) is 2. The summed E-state index contributed by atoms with van der Waals surface area (Å²) >= 11 is 0. The molecule has 3 aliphatic rings. The molecular weight excluding hydrogens is 404 g/mol. The third-order valence-electron chi connectivity index (χ3n) is 7.25. The van der Waals surface area contributed by atoms with E-state index in [0.717, 1.165) is 48.4 Å². The molecule has 2 aromatic carbocycles. The van der Waals surface area contributed by atoms with Gasteiger partial charge in [-0.3, -0.25) is 9.59 Å². The summed E-state index contributed by atoms with van der Waals surface area (Å²) in [5, 5.41) is 6.16. The molecular formula is C26H30N2O4. The zero-order chi connectivity index (χ0) is 22.0. The average Bonchev–Trinajstić information content (AvgIpc) is 3.30. The molecule has 2 amide bonds. The molecule has 6 nitrogen and oxygen atoms in total. The van der Waals surface area contributed by atoms with Crippen LogP contribution in [-0.2, 0) is 21.4 Å². The quantitative estimate of drug-likeness (QED) is 0.710. The van der Waals surface area contributed by atoms with Crippen LogP contribution in [0.4, 0.5) is 5.69 Å². The topological polar surface area (TPSA) is 76.7 Å². The van der Waals surface area contributed by atoms with Crippen molar-refractivity contribution in [3.63, 3.8) is 0 Å². The van der Waals surface area contributed by atoms with Crippen LogP contribution in [0.5, 0.6) is 11.5 Å². The van der Waals surface area contributed by atoms with E-state index in [-0.39, 0.29) is 29.9 Å². The summed E-state index contributed by atoms with van der Waals surface area (Å²) in [7, 11) is 0. The van der Waals surface area contributed by atoms with Gasteiger partial charge in [0.15, 0.2) is 11.5 Å². The molecule has 0 spiro atoms. The lowest BCUT2D eigenvalue weighted by atomic mass is 9.69. The Kier molecular flexibility index (Phi) is 5.77. The summed E-state index contributed by atoms with van der Waals surface area (Å²) in [6.45, 7) is 0.882. The van der Waals surface area contributed by atoms with Crippen molar-refractivity contribution in [1.29, 1.82) is 0 Å². The fraction of sp³-hybridized carbons (Fsp3) is 0.462. The molecule has 2 N–H and O–H groups in total. The van der Waals surface area contributed by atoms with E-state index in [1.54, 1.807) is 0 Å². The van der Waals surface area contributed by atoms with Gasteiger partial charge >= 0.3 is 0 Å². The molecule has 5 rings (SSSR count). The highest BCUT2D eigenvalue weighted by Crippen LogP contribution is 2.43. The van der Waals surface area contributed by atoms with Crippen LogP contribution in [0.1, 0.15) is 56.1 Å². The van der Waals surface area contributed by atoms with Crippen molar-refractivity contribution >= 4 is 17.5 Å². The number of nitrogens with one attached hydrogen (secondary N) is 2. The number of amides is 2. The number of rotatable bonds is 6. The third kappa shape index (κ3) is 4.18. The Morgan fingerprint density at radius 2 is 1.88 bits per heavy atom. The van der Waals surface area contributed by atoms with Crippen LogP contribution in [0.15, 0.2) is 42.5 Å². The molecule has 168 valence electrons. The van der Waals surface area contributed by atoms with E-state index in [2.05, 4.69) is 22.8 Å². The van der Waals surface area contributed by atoms with Crippen LogP contribution in [0, 0.1) is 5.92 Å². The molecule has 6 heteroatoms. The van der Waals surface area contributed by atoms with Gasteiger partial charge in [-0.05, 0) is 55.0 Å². The molecule has 0 aromatic heterocycles. The van der Waals surface area contributed by atoms with Gasteiger partial charge in [-0.2, -0.15) is 0 Å². The second-order valence-electron chi connectivity index (χ2n) is 9.27. The second-order valence-corrected chi connectivity index (χ2v) is 9.27. The van der Waals surface area contributed by atoms with Gasteiger partial charge in [0.05, 0.1) is 0 Å². The van der Waals surface area contributed by atoms with Gasteiger partial charge in [0.25, 0.3) is 0 Å². The van der Waals surface area contributed by atoms with Crippen LogP contribution in [-0.4, -0.2) is 25.2 Å². The summed E-state index contributed by atoms with van der Waals surface area (Å²) in [4.78, 5) is 25.2. The summed E-state index contributed by atoms with van der Waals surface area (Å²) in [5.41, 5.74) is 3.17. The number of carbonyl (C=O) groups excluding carboxylic acids is 2. The zero-order valence-electron chi connectivity index (χ0n) is 18.3. The molecule has 0 bridgehead atoms. The molecule has 0 saturated heterocycles. The molecule has 1 aliphatic carbocycles. The molecule has 1 fully saturated rings. The van der Waals surface area contributed by atoms with E-state index in [4.69, 9.17) is 9.47 Å². The first-order chi connectivity index (χ1) is 15.6. The van der Waals surface area contributed by atoms with E-state index >= 15 is 0 Å². The van der Waals surface area contributed by atoms with E-state index in [1.165, 1.54) is 12.0 Å². The number of anilines is 1. The highest BCUT2D eigenvalue weighted by atomic mass is 16.7. The van der Waals surface area contributed by atoms with E-state index in [9.17, 15) is 9.59 Å². The van der Waals surface area contributed by atoms with E-state index in [1.807, 2.05) is 30.3 Å². The Bertz CT molecular complexity index is 1010. The first kappa shape index (κ1) is 20.9. The summed E-state index contributed by atoms with van der Waals surface area (Å²) in [6, 6.07) is 14.1. The van der Waals surface area contributed by atoms with Gasteiger partial charge in [-0.15, -0.1) is 0 Å². The third-order valence-corrected chi connectivity index (χ3v) is 7.25. The number of carbonyl (C=O) groups is 2. The van der Waals surface area contributed by atoms with Gasteiger partial charge < -0.3 is 20.1 Å². The van der Waals surface area contributed by atoms with Gasteiger partial charge in [0, 0.05) is 30.0 Å². The van der Waals surface area contributed by atoms with Gasteiger partial charge in [-0.1, -0.05) is 43.5 Å². The van der Waals surface area contributed by atoms with Crippen molar-refractivity contribution in [3.05, 3.63) is 53.6 Å². The fourth-order valence-electron chi connectivity index (χ4n) is 5.33. The van der Waals surface area contributed by atoms with Gasteiger partial charge in [0.2, 0.25) is 18.6 Å². The smallest absolute Gasteiger partial charge is 0.231 e. The normalized spacial score (nSPS) is 20.9. The molecule has 1 unspecified atom stereocenters. The minimum Gasteiger partial charge on any atom is -0.454 e. The van der Waals surface area contributed by atoms with Crippen molar-refractivity contribution < 1.29 is 19.1 Å². The lowest BCUT2D eigenvalue weighted by molar-refractivity contribution is -0.123. The van der Waals surface area contributed by atoms with Crippen LogP contribution < -0.4 is 20.1 Å². The van der Waals surface area contributed by atoms with Gasteiger partial charge in [0.1, 0.15) is 0 Å². The minimum atomic E-state index is -0.159.